The number of nitrogens with one attached hydrogen (secondary N) is 1. The average Bonchev–Trinajstić information content (AvgIpc) is 2.80. The molecule has 16 heavy (non-hydrogen) atoms. The zero-order valence-corrected chi connectivity index (χ0v) is 10.2. The molecule has 1 amide bonds. The van der Waals surface area contributed by atoms with Gasteiger partial charge in [-0.15, -0.1) is 0 Å². The van der Waals surface area contributed by atoms with Crippen LogP contribution in [0.2, 0.25) is 0 Å². The fourth-order valence-electron chi connectivity index (χ4n) is 3.40. The Kier molecular flexibility index (Phi) is 2.29. The Morgan fingerprint density at radius 2 is 1.94 bits per heavy atom. The lowest BCUT2D eigenvalue weighted by Crippen LogP contribution is -2.44. The van der Waals surface area contributed by atoms with E-state index in [1.54, 1.807) is 0 Å². The van der Waals surface area contributed by atoms with Gasteiger partial charge in [0.25, 0.3) is 0 Å². The molecule has 1 aliphatic heterocycles. The molecule has 0 aromatic carbocycles. The van der Waals surface area contributed by atoms with Crippen LogP contribution in [0.4, 0.5) is 0 Å². The molecule has 1 heterocycles. The molecule has 0 unspecified atom stereocenters. The average molecular weight is 222 g/mol. The molecule has 0 bridgehead atoms. The molecule has 0 aromatic heterocycles. The Morgan fingerprint density at radius 3 is 2.50 bits per heavy atom. The Bertz CT molecular complexity index is 303. The Balaban J connectivity index is 1.68. The van der Waals surface area contributed by atoms with Crippen LogP contribution in [0.15, 0.2) is 0 Å². The highest BCUT2D eigenvalue weighted by Gasteiger charge is 2.51. The first-order valence-corrected chi connectivity index (χ1v) is 6.74. The van der Waals surface area contributed by atoms with Crippen LogP contribution in [0.25, 0.3) is 0 Å². The summed E-state index contributed by atoms with van der Waals surface area (Å²) in [7, 11) is 0. The van der Waals surface area contributed by atoms with Gasteiger partial charge in [0.2, 0.25) is 5.91 Å². The normalized spacial score (nSPS) is 30.3. The Hall–Kier alpha value is -0.570. The highest BCUT2D eigenvalue weighted by molar-refractivity contribution is 5.88. The summed E-state index contributed by atoms with van der Waals surface area (Å²) in [5.41, 5.74) is 0.339. The van der Waals surface area contributed by atoms with Gasteiger partial charge in [-0.25, -0.2) is 0 Å². The molecule has 90 valence electrons. The van der Waals surface area contributed by atoms with E-state index in [0.717, 1.165) is 26.1 Å². The lowest BCUT2D eigenvalue weighted by Gasteiger charge is -2.24. The van der Waals surface area contributed by atoms with E-state index in [-0.39, 0.29) is 5.54 Å². The van der Waals surface area contributed by atoms with E-state index < -0.39 is 0 Å². The molecule has 3 fully saturated rings. The van der Waals surface area contributed by atoms with Crippen molar-refractivity contribution in [2.45, 2.75) is 57.4 Å². The van der Waals surface area contributed by atoms with E-state index >= 15 is 0 Å². The molecule has 2 saturated carbocycles. The van der Waals surface area contributed by atoms with Crippen LogP contribution < -0.4 is 5.32 Å². The molecule has 0 atom stereocenters. The van der Waals surface area contributed by atoms with Crippen molar-refractivity contribution in [3.63, 3.8) is 0 Å². The number of nitrogens with zero attached hydrogens (tertiary/aromatic N) is 1. The largest absolute Gasteiger partial charge is 0.328 e. The summed E-state index contributed by atoms with van der Waals surface area (Å²) in [4.78, 5) is 14.5. The summed E-state index contributed by atoms with van der Waals surface area (Å²) in [6.45, 7) is 4.05. The maximum absolute atomic E-state index is 12.4. The third kappa shape index (κ3) is 1.48. The fourth-order valence-corrected chi connectivity index (χ4v) is 3.40. The van der Waals surface area contributed by atoms with Gasteiger partial charge in [0.05, 0.1) is 12.2 Å². The Morgan fingerprint density at radius 1 is 1.25 bits per heavy atom. The predicted octanol–water partition coefficient (Wildman–Crippen LogP) is 1.88. The van der Waals surface area contributed by atoms with Crippen molar-refractivity contribution in [2.24, 2.45) is 5.41 Å². The van der Waals surface area contributed by atoms with Gasteiger partial charge in [0, 0.05) is 6.54 Å². The van der Waals surface area contributed by atoms with Gasteiger partial charge in [-0.1, -0.05) is 19.8 Å². The van der Waals surface area contributed by atoms with Crippen LogP contribution in [-0.4, -0.2) is 29.6 Å². The van der Waals surface area contributed by atoms with Gasteiger partial charge in [-0.2, -0.15) is 0 Å². The third-order valence-electron chi connectivity index (χ3n) is 5.00. The molecule has 1 saturated heterocycles. The number of hydrogen-bond acceptors (Lipinski definition) is 2. The second kappa shape index (κ2) is 3.46. The molecule has 1 spiro atoms. The van der Waals surface area contributed by atoms with Gasteiger partial charge in [0.1, 0.15) is 0 Å². The third-order valence-corrected chi connectivity index (χ3v) is 5.00. The van der Waals surface area contributed by atoms with Crippen LogP contribution in [0.1, 0.15) is 51.9 Å². The van der Waals surface area contributed by atoms with Gasteiger partial charge < -0.3 is 4.90 Å². The second-order valence-electron chi connectivity index (χ2n) is 5.98. The molecule has 1 N–H and O–H groups in total. The van der Waals surface area contributed by atoms with Gasteiger partial charge in [-0.05, 0) is 37.5 Å². The minimum atomic E-state index is -0.149. The lowest BCUT2D eigenvalue weighted by atomic mass is 9.97. The summed E-state index contributed by atoms with van der Waals surface area (Å²) in [6.07, 6.45) is 8.41. The van der Waals surface area contributed by atoms with Crippen molar-refractivity contribution in [3.8, 4) is 0 Å². The summed E-state index contributed by atoms with van der Waals surface area (Å²) in [5.74, 6) is 0.393. The van der Waals surface area contributed by atoms with E-state index in [4.69, 9.17) is 0 Å². The van der Waals surface area contributed by atoms with Crippen molar-refractivity contribution >= 4 is 5.91 Å². The molecule has 3 rings (SSSR count). The topological polar surface area (TPSA) is 32.3 Å². The standard InChI is InChI=1S/C13H22N2O/c1-2-12(7-8-12)9-15-10-14-13(11(15)16)5-3-4-6-13/h14H,2-10H2,1H3. The minimum Gasteiger partial charge on any atom is -0.328 e. The molecule has 2 aliphatic carbocycles. The zero-order chi connectivity index (χ0) is 11.2. The van der Waals surface area contributed by atoms with E-state index in [1.807, 2.05) is 0 Å². The molecule has 0 aromatic rings. The minimum absolute atomic E-state index is 0.149. The number of amides is 1. The fraction of sp³-hybridized carbons (Fsp3) is 0.923. The van der Waals surface area contributed by atoms with Crippen molar-refractivity contribution < 1.29 is 4.79 Å². The Labute approximate surface area is 97.6 Å². The van der Waals surface area contributed by atoms with Crippen LogP contribution in [-0.2, 0) is 4.79 Å². The number of hydrogen-bond donors (Lipinski definition) is 1. The zero-order valence-electron chi connectivity index (χ0n) is 10.2. The lowest BCUT2D eigenvalue weighted by molar-refractivity contribution is -0.133. The summed E-state index contributed by atoms with van der Waals surface area (Å²) in [5, 5.41) is 3.48. The van der Waals surface area contributed by atoms with Crippen LogP contribution in [0, 0.1) is 5.41 Å². The number of carbonyl (C=O) groups is 1. The molecule has 3 heteroatoms. The molecule has 3 nitrogen and oxygen atoms in total. The van der Waals surface area contributed by atoms with Gasteiger partial charge >= 0.3 is 0 Å². The summed E-state index contributed by atoms with van der Waals surface area (Å²) >= 11 is 0. The first kappa shape index (κ1) is 10.6. The smallest absolute Gasteiger partial charge is 0.243 e. The highest BCUT2D eigenvalue weighted by atomic mass is 16.2. The SMILES string of the molecule is CCC1(CN2CNC3(CCCC3)C2=O)CC1. The van der Waals surface area contributed by atoms with E-state index in [2.05, 4.69) is 17.1 Å². The van der Waals surface area contributed by atoms with Crippen LogP contribution in [0.5, 0.6) is 0 Å². The maximum Gasteiger partial charge on any atom is 0.243 e. The monoisotopic (exact) mass is 222 g/mol. The van der Waals surface area contributed by atoms with E-state index in [1.165, 1.54) is 32.1 Å². The summed E-state index contributed by atoms with van der Waals surface area (Å²) in [6, 6.07) is 0. The van der Waals surface area contributed by atoms with Crippen molar-refractivity contribution in [1.82, 2.24) is 10.2 Å². The number of rotatable bonds is 3. The van der Waals surface area contributed by atoms with Crippen LogP contribution in [0.3, 0.4) is 0 Å². The highest BCUT2D eigenvalue weighted by Crippen LogP contribution is 2.50. The van der Waals surface area contributed by atoms with Crippen molar-refractivity contribution in [3.05, 3.63) is 0 Å². The van der Waals surface area contributed by atoms with Gasteiger partial charge in [-0.3, -0.25) is 10.1 Å². The molecular weight excluding hydrogens is 200 g/mol. The summed E-state index contributed by atoms with van der Waals surface area (Å²) < 4.78 is 0. The van der Waals surface area contributed by atoms with E-state index in [0.29, 0.717) is 11.3 Å². The quantitative estimate of drug-likeness (QED) is 0.790. The molecule has 3 aliphatic rings. The first-order valence-electron chi connectivity index (χ1n) is 6.74. The molecule has 0 radical (unpaired) electrons. The first-order chi connectivity index (χ1) is 7.70. The maximum atomic E-state index is 12.4. The van der Waals surface area contributed by atoms with E-state index in [9.17, 15) is 4.79 Å². The van der Waals surface area contributed by atoms with Crippen molar-refractivity contribution in [1.29, 1.82) is 0 Å². The predicted molar refractivity (Wildman–Crippen MR) is 62.9 cm³/mol. The van der Waals surface area contributed by atoms with Gasteiger partial charge in [0.15, 0.2) is 0 Å². The van der Waals surface area contributed by atoms with Crippen LogP contribution >= 0.6 is 0 Å². The second-order valence-corrected chi connectivity index (χ2v) is 5.98. The molecular formula is C13H22N2O. The number of carbonyl (C=O) groups excluding carboxylic acids is 1. The van der Waals surface area contributed by atoms with Crippen molar-refractivity contribution in [2.75, 3.05) is 13.2 Å².